The molecule has 29 heavy (non-hydrogen) atoms. The van der Waals surface area contributed by atoms with Crippen molar-refractivity contribution in [3.63, 3.8) is 0 Å². The number of imide groups is 1. The molecular weight excluding hydrogens is 364 g/mol. The van der Waals surface area contributed by atoms with Crippen LogP contribution < -0.4 is 9.80 Å². The summed E-state index contributed by atoms with van der Waals surface area (Å²) in [6.45, 7) is 2.48. The molecule has 0 aliphatic carbocycles. The van der Waals surface area contributed by atoms with Crippen molar-refractivity contribution in [2.24, 2.45) is 0 Å². The molecule has 1 atom stereocenters. The normalized spacial score (nSPS) is 25.4. The van der Waals surface area contributed by atoms with Crippen LogP contribution in [0.15, 0.2) is 60.7 Å². The van der Waals surface area contributed by atoms with E-state index in [-0.39, 0.29) is 12.1 Å². The zero-order valence-corrected chi connectivity index (χ0v) is 16.5. The first-order chi connectivity index (χ1) is 14.2. The van der Waals surface area contributed by atoms with E-state index < -0.39 is 5.79 Å². The zero-order chi connectivity index (χ0) is 19.8. The quantitative estimate of drug-likeness (QED) is 0.759. The van der Waals surface area contributed by atoms with Gasteiger partial charge in [0.25, 0.3) is 0 Å². The van der Waals surface area contributed by atoms with E-state index in [2.05, 4.69) is 4.90 Å². The maximum atomic E-state index is 13.9. The molecule has 3 aliphatic rings. The third-order valence-corrected chi connectivity index (χ3v) is 6.38. The first kappa shape index (κ1) is 18.2. The van der Waals surface area contributed by atoms with Gasteiger partial charge in [-0.2, -0.15) is 0 Å². The molecule has 3 aliphatic heterocycles. The molecule has 0 saturated carbocycles. The summed E-state index contributed by atoms with van der Waals surface area (Å²) in [6, 6.07) is 18.6. The molecule has 1 spiro atoms. The van der Waals surface area contributed by atoms with E-state index in [0.29, 0.717) is 12.2 Å². The van der Waals surface area contributed by atoms with E-state index >= 15 is 0 Å². The second-order valence-electron chi connectivity index (χ2n) is 7.98. The molecule has 3 saturated heterocycles. The fourth-order valence-electron chi connectivity index (χ4n) is 5.14. The van der Waals surface area contributed by atoms with Crippen LogP contribution >= 0.6 is 0 Å². The van der Waals surface area contributed by atoms with Crippen molar-refractivity contribution in [3.05, 3.63) is 60.7 Å². The predicted molar refractivity (Wildman–Crippen MR) is 113 cm³/mol. The summed E-state index contributed by atoms with van der Waals surface area (Å²) in [5.74, 6) is -0.713. The molecule has 6 heteroatoms. The number of nitrogens with zero attached hydrogens (tertiary/aromatic N) is 4. The summed E-state index contributed by atoms with van der Waals surface area (Å²) in [6.07, 6.45) is 4.93. The van der Waals surface area contributed by atoms with Crippen molar-refractivity contribution in [1.29, 1.82) is 0 Å². The van der Waals surface area contributed by atoms with E-state index in [1.165, 1.54) is 4.90 Å². The van der Waals surface area contributed by atoms with Crippen LogP contribution in [0.25, 0.3) is 0 Å². The molecule has 6 nitrogen and oxygen atoms in total. The highest BCUT2D eigenvalue weighted by Gasteiger charge is 2.59. The summed E-state index contributed by atoms with van der Waals surface area (Å²) in [7, 11) is 0. The largest absolute Gasteiger partial charge is 0.340 e. The Hall–Kier alpha value is -2.86. The van der Waals surface area contributed by atoms with Crippen molar-refractivity contribution >= 4 is 23.4 Å². The molecule has 4 amide bonds. The molecule has 3 heterocycles. The Kier molecular flexibility index (Phi) is 4.51. The average molecular weight is 390 g/mol. The van der Waals surface area contributed by atoms with Gasteiger partial charge in [0, 0.05) is 31.7 Å². The summed E-state index contributed by atoms with van der Waals surface area (Å²) in [5, 5.41) is 0. The SMILES string of the molecule is O=C1N(c2ccccc2)C(=O)N(c2ccccc2)C23CCCCCN2CCCN13. The highest BCUT2D eigenvalue weighted by molar-refractivity contribution is 6.21. The summed E-state index contributed by atoms with van der Waals surface area (Å²) < 4.78 is 0. The van der Waals surface area contributed by atoms with Crippen LogP contribution in [0.2, 0.25) is 0 Å². The molecular formula is C23H26N4O2. The van der Waals surface area contributed by atoms with Gasteiger partial charge in [0.2, 0.25) is 0 Å². The summed E-state index contributed by atoms with van der Waals surface area (Å²) in [5.41, 5.74) is 1.45. The standard InChI is InChI=1S/C23H26N4O2/c28-21-25-18-10-17-24-16-9-3-8-15-23(24,25)27(20-13-6-2-7-14-20)22(29)26(21)19-11-4-1-5-12-19/h1-2,4-7,11-14H,3,8-10,15-18H2. The Labute approximate surface area is 171 Å². The number of carbonyl (C=O) groups excluding carboxylic acids is 2. The number of amides is 4. The molecule has 1 unspecified atom stereocenters. The van der Waals surface area contributed by atoms with Crippen LogP contribution in [0.3, 0.4) is 0 Å². The lowest BCUT2D eigenvalue weighted by molar-refractivity contribution is -0.0625. The number of hydrogen-bond donors (Lipinski definition) is 0. The van der Waals surface area contributed by atoms with Gasteiger partial charge in [0.15, 0.2) is 5.79 Å². The molecule has 3 fully saturated rings. The minimum absolute atomic E-state index is 0.208. The number of rotatable bonds is 2. The number of anilines is 2. The maximum absolute atomic E-state index is 13.9. The van der Waals surface area contributed by atoms with Crippen LogP contribution in [0.1, 0.15) is 32.1 Å². The lowest BCUT2D eigenvalue weighted by Crippen LogP contribution is -2.81. The highest BCUT2D eigenvalue weighted by Crippen LogP contribution is 2.44. The Morgan fingerprint density at radius 3 is 2.03 bits per heavy atom. The maximum Gasteiger partial charge on any atom is 0.340 e. The van der Waals surface area contributed by atoms with Crippen molar-refractivity contribution in [2.75, 3.05) is 29.4 Å². The second-order valence-corrected chi connectivity index (χ2v) is 7.98. The molecule has 0 aromatic heterocycles. The topological polar surface area (TPSA) is 47.1 Å². The Bertz CT molecular complexity index is 904. The highest BCUT2D eigenvalue weighted by atomic mass is 16.2. The van der Waals surface area contributed by atoms with Gasteiger partial charge in [-0.25, -0.2) is 14.5 Å². The van der Waals surface area contributed by atoms with Crippen molar-refractivity contribution in [1.82, 2.24) is 9.80 Å². The first-order valence-corrected chi connectivity index (χ1v) is 10.5. The fourth-order valence-corrected chi connectivity index (χ4v) is 5.14. The zero-order valence-electron chi connectivity index (χ0n) is 16.5. The third kappa shape index (κ3) is 2.74. The lowest BCUT2D eigenvalue weighted by atomic mass is 10.0. The van der Waals surface area contributed by atoms with Gasteiger partial charge in [0.05, 0.1) is 5.69 Å². The van der Waals surface area contributed by atoms with Crippen molar-refractivity contribution in [3.8, 4) is 0 Å². The minimum Gasteiger partial charge on any atom is -0.287 e. The van der Waals surface area contributed by atoms with E-state index in [1.807, 2.05) is 70.5 Å². The van der Waals surface area contributed by atoms with Crippen LogP contribution in [0.4, 0.5) is 21.0 Å². The van der Waals surface area contributed by atoms with Gasteiger partial charge in [0.1, 0.15) is 0 Å². The molecule has 0 N–H and O–H groups in total. The molecule has 2 aromatic carbocycles. The number of benzene rings is 2. The number of urea groups is 2. The van der Waals surface area contributed by atoms with Gasteiger partial charge in [-0.05, 0) is 43.5 Å². The Morgan fingerprint density at radius 1 is 0.655 bits per heavy atom. The Morgan fingerprint density at radius 2 is 1.31 bits per heavy atom. The van der Waals surface area contributed by atoms with Gasteiger partial charge in [-0.3, -0.25) is 14.7 Å². The molecule has 5 rings (SSSR count). The molecule has 0 bridgehead atoms. The summed E-state index contributed by atoms with van der Waals surface area (Å²) in [4.78, 5) is 35.2. The second kappa shape index (κ2) is 7.19. The van der Waals surface area contributed by atoms with Gasteiger partial charge < -0.3 is 0 Å². The van der Waals surface area contributed by atoms with Crippen molar-refractivity contribution in [2.45, 2.75) is 37.9 Å². The van der Waals surface area contributed by atoms with Gasteiger partial charge in [-0.1, -0.05) is 42.8 Å². The number of hydrogen-bond acceptors (Lipinski definition) is 3. The van der Waals surface area contributed by atoms with E-state index in [9.17, 15) is 9.59 Å². The number of carbonyl (C=O) groups is 2. The smallest absolute Gasteiger partial charge is 0.287 e. The van der Waals surface area contributed by atoms with Crippen LogP contribution in [0, 0.1) is 0 Å². The molecule has 0 radical (unpaired) electrons. The van der Waals surface area contributed by atoms with Gasteiger partial charge >= 0.3 is 12.1 Å². The molecule has 2 aromatic rings. The lowest BCUT2D eigenvalue weighted by Gasteiger charge is -2.61. The van der Waals surface area contributed by atoms with Crippen molar-refractivity contribution < 1.29 is 9.59 Å². The first-order valence-electron chi connectivity index (χ1n) is 10.5. The monoisotopic (exact) mass is 390 g/mol. The van der Waals surface area contributed by atoms with E-state index in [0.717, 1.165) is 50.9 Å². The third-order valence-electron chi connectivity index (χ3n) is 6.38. The fraction of sp³-hybridized carbons (Fsp3) is 0.391. The van der Waals surface area contributed by atoms with Crippen LogP contribution in [-0.4, -0.2) is 47.3 Å². The van der Waals surface area contributed by atoms with E-state index in [1.54, 1.807) is 0 Å². The predicted octanol–water partition coefficient (Wildman–Crippen LogP) is 4.49. The average Bonchev–Trinajstić information content (AvgIpc) is 2.97. The van der Waals surface area contributed by atoms with Gasteiger partial charge in [-0.15, -0.1) is 0 Å². The molecule has 150 valence electrons. The number of para-hydroxylation sites is 2. The minimum atomic E-state index is -0.713. The summed E-state index contributed by atoms with van der Waals surface area (Å²) >= 11 is 0. The van der Waals surface area contributed by atoms with Crippen LogP contribution in [0.5, 0.6) is 0 Å². The van der Waals surface area contributed by atoms with Crippen LogP contribution in [-0.2, 0) is 0 Å². The Balaban J connectivity index is 1.70. The van der Waals surface area contributed by atoms with E-state index in [4.69, 9.17) is 0 Å².